The highest BCUT2D eigenvalue weighted by atomic mass is 79.9. The van der Waals surface area contributed by atoms with Crippen LogP contribution in [0.4, 0.5) is 0 Å². The highest BCUT2D eigenvalue weighted by molar-refractivity contribution is 9.10. The molecule has 0 heterocycles. The molecule has 0 atom stereocenters. The molecule has 18 heavy (non-hydrogen) atoms. The van der Waals surface area contributed by atoms with Gasteiger partial charge in [-0.3, -0.25) is 0 Å². The third-order valence-electron chi connectivity index (χ3n) is 2.74. The van der Waals surface area contributed by atoms with Crippen molar-refractivity contribution in [3.8, 4) is 17.2 Å². The van der Waals surface area contributed by atoms with E-state index in [9.17, 15) is 5.26 Å². The number of rotatable bonds is 3. The first-order chi connectivity index (χ1) is 8.74. The largest absolute Gasteiger partial charge is 0.192 e. The summed E-state index contributed by atoms with van der Waals surface area (Å²) in [7, 11) is 0. The normalized spacial score (nSPS) is 9.78. The van der Waals surface area contributed by atoms with Crippen LogP contribution in [-0.2, 0) is 6.42 Å². The van der Waals surface area contributed by atoms with Crippen LogP contribution in [0.25, 0.3) is 11.1 Å². The maximum Gasteiger partial charge on any atom is 0.0998 e. The summed E-state index contributed by atoms with van der Waals surface area (Å²) in [5.41, 5.74) is 3.84. The molecule has 0 saturated carbocycles. The molecule has 2 aromatic carbocycles. The summed E-state index contributed by atoms with van der Waals surface area (Å²) in [5.74, 6) is 0. The van der Waals surface area contributed by atoms with Crippen LogP contribution in [0.5, 0.6) is 0 Å². The number of hydrogen-bond donors (Lipinski definition) is 0. The van der Waals surface area contributed by atoms with Crippen LogP contribution in [0.2, 0.25) is 0 Å². The molecule has 2 aromatic rings. The average Bonchev–Trinajstić information content (AvgIpc) is 2.40. The van der Waals surface area contributed by atoms with Gasteiger partial charge >= 0.3 is 0 Å². The van der Waals surface area contributed by atoms with Gasteiger partial charge in [-0.15, -0.1) is 6.58 Å². The first kappa shape index (κ1) is 12.6. The predicted molar refractivity (Wildman–Crippen MR) is 78.2 cm³/mol. The molecule has 0 aliphatic rings. The van der Waals surface area contributed by atoms with Crippen LogP contribution < -0.4 is 0 Å². The fourth-order valence-corrected chi connectivity index (χ4v) is 2.12. The van der Waals surface area contributed by atoms with E-state index in [4.69, 9.17) is 0 Å². The van der Waals surface area contributed by atoms with Crippen molar-refractivity contribution in [2.24, 2.45) is 0 Å². The number of halogens is 1. The Morgan fingerprint density at radius 1 is 1.17 bits per heavy atom. The highest BCUT2D eigenvalue weighted by Crippen LogP contribution is 2.26. The summed E-state index contributed by atoms with van der Waals surface area (Å²) in [6, 6.07) is 16.2. The van der Waals surface area contributed by atoms with Gasteiger partial charge in [0.05, 0.1) is 11.6 Å². The highest BCUT2D eigenvalue weighted by Gasteiger charge is 2.05. The lowest BCUT2D eigenvalue weighted by molar-refractivity contribution is 1.27. The Hall–Kier alpha value is -1.85. The summed E-state index contributed by atoms with van der Waals surface area (Å²) in [6.07, 6.45) is 2.63. The molecule has 2 heteroatoms. The van der Waals surface area contributed by atoms with Crippen molar-refractivity contribution in [1.29, 1.82) is 5.26 Å². The summed E-state index contributed by atoms with van der Waals surface area (Å²) < 4.78 is 1.04. The van der Waals surface area contributed by atoms with Crippen molar-refractivity contribution in [3.63, 3.8) is 0 Å². The van der Waals surface area contributed by atoms with Crippen molar-refractivity contribution in [1.82, 2.24) is 0 Å². The van der Waals surface area contributed by atoms with Crippen LogP contribution in [0.3, 0.4) is 0 Å². The smallest absolute Gasteiger partial charge is 0.0998 e. The summed E-state index contributed by atoms with van der Waals surface area (Å²) in [4.78, 5) is 0. The fraction of sp³-hybridized carbons (Fsp3) is 0.0625. The van der Waals surface area contributed by atoms with Gasteiger partial charge in [0, 0.05) is 4.47 Å². The Morgan fingerprint density at radius 2 is 1.89 bits per heavy atom. The monoisotopic (exact) mass is 297 g/mol. The first-order valence-corrected chi connectivity index (χ1v) is 6.44. The lowest BCUT2D eigenvalue weighted by Crippen LogP contribution is -1.88. The van der Waals surface area contributed by atoms with Crippen molar-refractivity contribution >= 4 is 15.9 Å². The Labute approximate surface area is 116 Å². The van der Waals surface area contributed by atoms with Crippen LogP contribution in [0.1, 0.15) is 11.1 Å². The zero-order chi connectivity index (χ0) is 13.0. The molecular weight excluding hydrogens is 286 g/mol. The number of nitriles is 1. The second-order valence-corrected chi connectivity index (χ2v) is 4.91. The van der Waals surface area contributed by atoms with E-state index < -0.39 is 0 Å². The molecule has 0 aliphatic heterocycles. The molecule has 88 valence electrons. The Balaban J connectivity index is 2.48. The van der Waals surface area contributed by atoms with Gasteiger partial charge in [-0.05, 0) is 41.3 Å². The van der Waals surface area contributed by atoms with Gasteiger partial charge in [-0.1, -0.05) is 46.3 Å². The van der Waals surface area contributed by atoms with Crippen molar-refractivity contribution < 1.29 is 0 Å². The van der Waals surface area contributed by atoms with E-state index in [0.717, 1.165) is 27.6 Å². The van der Waals surface area contributed by atoms with E-state index in [0.29, 0.717) is 5.56 Å². The summed E-state index contributed by atoms with van der Waals surface area (Å²) >= 11 is 3.41. The van der Waals surface area contributed by atoms with Gasteiger partial charge in [0.25, 0.3) is 0 Å². The molecule has 0 spiro atoms. The minimum absolute atomic E-state index is 0.705. The van der Waals surface area contributed by atoms with Crippen molar-refractivity contribution in [2.45, 2.75) is 6.42 Å². The number of nitrogens with zero attached hydrogens (tertiary/aromatic N) is 1. The molecule has 2 rings (SSSR count). The minimum atomic E-state index is 0.705. The van der Waals surface area contributed by atoms with Gasteiger partial charge in [0.1, 0.15) is 0 Å². The van der Waals surface area contributed by atoms with Gasteiger partial charge in [-0.2, -0.15) is 5.26 Å². The van der Waals surface area contributed by atoms with E-state index >= 15 is 0 Å². The van der Waals surface area contributed by atoms with Gasteiger partial charge < -0.3 is 0 Å². The maximum atomic E-state index is 9.24. The van der Waals surface area contributed by atoms with Crippen molar-refractivity contribution in [3.05, 3.63) is 70.7 Å². The van der Waals surface area contributed by atoms with Gasteiger partial charge in [0.2, 0.25) is 0 Å². The molecule has 0 bridgehead atoms. The number of allylic oxidation sites excluding steroid dienone is 1. The topological polar surface area (TPSA) is 23.8 Å². The van der Waals surface area contributed by atoms with E-state index in [1.54, 1.807) is 0 Å². The van der Waals surface area contributed by atoms with Crippen LogP contribution in [0.15, 0.2) is 59.6 Å². The molecule has 0 radical (unpaired) electrons. The summed E-state index contributed by atoms with van der Waals surface area (Å²) in [5, 5.41) is 9.24. The van der Waals surface area contributed by atoms with Gasteiger partial charge in [-0.25, -0.2) is 0 Å². The molecule has 0 aromatic heterocycles. The van der Waals surface area contributed by atoms with E-state index in [1.807, 2.05) is 48.5 Å². The Morgan fingerprint density at radius 3 is 2.50 bits per heavy atom. The fourth-order valence-electron chi connectivity index (χ4n) is 1.86. The Kier molecular flexibility index (Phi) is 3.96. The molecule has 0 fully saturated rings. The quantitative estimate of drug-likeness (QED) is 0.752. The Bertz CT molecular complexity index is 606. The lowest BCUT2D eigenvalue weighted by Gasteiger charge is -2.06. The SMILES string of the molecule is C=CCc1ccc(-c2ccc(Br)cc2)c(C#N)c1. The molecule has 0 unspecified atom stereocenters. The third-order valence-corrected chi connectivity index (χ3v) is 3.27. The van der Waals surface area contributed by atoms with Crippen molar-refractivity contribution in [2.75, 3.05) is 0 Å². The second kappa shape index (κ2) is 5.66. The molecule has 1 nitrogen and oxygen atoms in total. The molecule has 0 N–H and O–H groups in total. The summed E-state index contributed by atoms with van der Waals surface area (Å²) in [6.45, 7) is 3.71. The first-order valence-electron chi connectivity index (χ1n) is 5.64. The number of hydrogen-bond acceptors (Lipinski definition) is 1. The van der Waals surface area contributed by atoms with Gasteiger partial charge in [0.15, 0.2) is 0 Å². The molecular formula is C16H12BrN. The average molecular weight is 298 g/mol. The molecule has 0 amide bonds. The third kappa shape index (κ3) is 2.69. The maximum absolute atomic E-state index is 9.24. The standard InChI is InChI=1S/C16H12BrN/c1-2-3-12-4-9-16(14(10-12)11-18)13-5-7-15(17)8-6-13/h2,4-10H,1,3H2. The van der Waals surface area contributed by atoms with E-state index in [1.165, 1.54) is 0 Å². The van der Waals surface area contributed by atoms with E-state index in [-0.39, 0.29) is 0 Å². The number of benzene rings is 2. The second-order valence-electron chi connectivity index (χ2n) is 3.99. The van der Waals surface area contributed by atoms with E-state index in [2.05, 4.69) is 28.6 Å². The predicted octanol–water partition coefficient (Wildman–Crippen LogP) is 4.72. The zero-order valence-electron chi connectivity index (χ0n) is 9.86. The lowest BCUT2D eigenvalue weighted by atomic mass is 9.97. The molecule has 0 aliphatic carbocycles. The van der Waals surface area contributed by atoms with Crippen LogP contribution >= 0.6 is 15.9 Å². The zero-order valence-corrected chi connectivity index (χ0v) is 11.4. The molecule has 0 saturated heterocycles. The van der Waals surface area contributed by atoms with Crippen LogP contribution in [0, 0.1) is 11.3 Å². The minimum Gasteiger partial charge on any atom is -0.192 e. The van der Waals surface area contributed by atoms with Crippen LogP contribution in [-0.4, -0.2) is 0 Å².